The standard InChI is InChI=1S/C13H15Cl2N3O/c1-8-10(7-16-2)13(18(3)17-8)19-12-5-4-9(14)6-11(12)15/h4-6,16H,7H2,1-3H3. The van der Waals surface area contributed by atoms with Gasteiger partial charge in [-0.2, -0.15) is 5.10 Å². The largest absolute Gasteiger partial charge is 0.437 e. The molecule has 0 saturated heterocycles. The van der Waals surface area contributed by atoms with E-state index in [9.17, 15) is 0 Å². The Balaban J connectivity index is 2.37. The number of hydrogen-bond acceptors (Lipinski definition) is 3. The van der Waals surface area contributed by atoms with Crippen molar-refractivity contribution in [3.8, 4) is 11.6 Å². The van der Waals surface area contributed by atoms with Crippen molar-refractivity contribution in [2.24, 2.45) is 7.05 Å². The second-order valence-corrected chi connectivity index (χ2v) is 5.04. The van der Waals surface area contributed by atoms with Crippen LogP contribution < -0.4 is 10.1 Å². The summed E-state index contributed by atoms with van der Waals surface area (Å²) in [6.07, 6.45) is 0. The van der Waals surface area contributed by atoms with Crippen molar-refractivity contribution < 1.29 is 4.74 Å². The van der Waals surface area contributed by atoms with E-state index in [4.69, 9.17) is 27.9 Å². The first-order chi connectivity index (χ1) is 9.02. The predicted molar refractivity (Wildman–Crippen MR) is 77.2 cm³/mol. The van der Waals surface area contributed by atoms with E-state index < -0.39 is 0 Å². The highest BCUT2D eigenvalue weighted by atomic mass is 35.5. The summed E-state index contributed by atoms with van der Waals surface area (Å²) >= 11 is 12.0. The lowest BCUT2D eigenvalue weighted by Gasteiger charge is -2.10. The van der Waals surface area contributed by atoms with Gasteiger partial charge in [-0.1, -0.05) is 23.2 Å². The highest BCUT2D eigenvalue weighted by Gasteiger charge is 2.16. The molecule has 0 saturated carbocycles. The summed E-state index contributed by atoms with van der Waals surface area (Å²) in [5.41, 5.74) is 1.94. The van der Waals surface area contributed by atoms with Gasteiger partial charge < -0.3 is 10.1 Å². The lowest BCUT2D eigenvalue weighted by atomic mass is 10.2. The SMILES string of the molecule is CNCc1c(C)nn(C)c1Oc1ccc(Cl)cc1Cl. The van der Waals surface area contributed by atoms with E-state index in [0.29, 0.717) is 28.2 Å². The van der Waals surface area contributed by atoms with E-state index in [1.807, 2.05) is 21.0 Å². The van der Waals surface area contributed by atoms with E-state index in [1.54, 1.807) is 22.9 Å². The van der Waals surface area contributed by atoms with Crippen LogP contribution in [0.4, 0.5) is 0 Å². The Hall–Kier alpha value is -1.23. The van der Waals surface area contributed by atoms with Gasteiger partial charge in [0, 0.05) is 18.6 Å². The first-order valence-corrected chi connectivity index (χ1v) is 6.58. The summed E-state index contributed by atoms with van der Waals surface area (Å²) in [6.45, 7) is 2.63. The Bertz CT molecular complexity index is 596. The van der Waals surface area contributed by atoms with Crippen LogP contribution >= 0.6 is 23.2 Å². The average molecular weight is 300 g/mol. The molecule has 0 aliphatic carbocycles. The Morgan fingerprint density at radius 1 is 1.37 bits per heavy atom. The summed E-state index contributed by atoms with van der Waals surface area (Å²) in [5, 5.41) is 8.51. The number of nitrogens with one attached hydrogen (secondary N) is 1. The topological polar surface area (TPSA) is 39.1 Å². The number of hydrogen-bond donors (Lipinski definition) is 1. The smallest absolute Gasteiger partial charge is 0.222 e. The molecule has 1 N–H and O–H groups in total. The second-order valence-electron chi connectivity index (χ2n) is 4.20. The van der Waals surface area contributed by atoms with Crippen LogP contribution in [0, 0.1) is 6.92 Å². The number of ether oxygens (including phenoxy) is 1. The molecule has 1 aromatic carbocycles. The van der Waals surface area contributed by atoms with Crippen molar-refractivity contribution in [2.75, 3.05) is 7.05 Å². The van der Waals surface area contributed by atoms with Crippen molar-refractivity contribution in [2.45, 2.75) is 13.5 Å². The van der Waals surface area contributed by atoms with Crippen molar-refractivity contribution >= 4 is 23.2 Å². The average Bonchev–Trinajstić information content (AvgIpc) is 2.60. The summed E-state index contributed by atoms with van der Waals surface area (Å²) in [4.78, 5) is 0. The molecule has 0 bridgehead atoms. The Morgan fingerprint density at radius 2 is 2.11 bits per heavy atom. The van der Waals surface area contributed by atoms with Crippen molar-refractivity contribution in [1.82, 2.24) is 15.1 Å². The number of aromatic nitrogens is 2. The molecular formula is C13H15Cl2N3O. The number of halogens is 2. The highest BCUT2D eigenvalue weighted by molar-refractivity contribution is 6.35. The van der Waals surface area contributed by atoms with Crippen LogP contribution in [0.5, 0.6) is 11.6 Å². The number of nitrogens with zero attached hydrogens (tertiary/aromatic N) is 2. The fourth-order valence-electron chi connectivity index (χ4n) is 1.85. The molecule has 19 heavy (non-hydrogen) atoms. The van der Waals surface area contributed by atoms with Gasteiger partial charge in [-0.3, -0.25) is 0 Å². The van der Waals surface area contributed by atoms with E-state index >= 15 is 0 Å². The fraction of sp³-hybridized carbons (Fsp3) is 0.308. The fourth-order valence-corrected chi connectivity index (χ4v) is 2.30. The molecule has 4 nitrogen and oxygen atoms in total. The van der Waals surface area contributed by atoms with Crippen LogP contribution in [0.15, 0.2) is 18.2 Å². The molecule has 0 atom stereocenters. The quantitative estimate of drug-likeness (QED) is 0.938. The maximum absolute atomic E-state index is 6.11. The van der Waals surface area contributed by atoms with E-state index in [1.165, 1.54) is 0 Å². The zero-order chi connectivity index (χ0) is 14.0. The third kappa shape index (κ3) is 3.03. The molecule has 2 aromatic rings. The van der Waals surface area contributed by atoms with Crippen LogP contribution in [-0.4, -0.2) is 16.8 Å². The molecular weight excluding hydrogens is 285 g/mol. The van der Waals surface area contributed by atoms with Crippen molar-refractivity contribution in [3.63, 3.8) is 0 Å². The number of benzene rings is 1. The maximum Gasteiger partial charge on any atom is 0.222 e. The number of aryl methyl sites for hydroxylation is 2. The van der Waals surface area contributed by atoms with Crippen LogP contribution in [0.25, 0.3) is 0 Å². The van der Waals surface area contributed by atoms with Crippen LogP contribution in [-0.2, 0) is 13.6 Å². The second kappa shape index (κ2) is 5.82. The van der Waals surface area contributed by atoms with Gasteiger partial charge in [-0.15, -0.1) is 0 Å². The maximum atomic E-state index is 6.11. The van der Waals surface area contributed by atoms with E-state index in [-0.39, 0.29) is 0 Å². The van der Waals surface area contributed by atoms with Gasteiger partial charge in [0.2, 0.25) is 5.88 Å². The minimum atomic E-state index is 0.474. The third-order valence-corrected chi connectivity index (χ3v) is 3.27. The summed E-state index contributed by atoms with van der Waals surface area (Å²) in [5.74, 6) is 1.24. The molecule has 0 radical (unpaired) electrons. The molecule has 0 amide bonds. The lowest BCUT2D eigenvalue weighted by molar-refractivity contribution is 0.425. The molecule has 2 rings (SSSR count). The van der Waals surface area contributed by atoms with Gasteiger partial charge in [-0.05, 0) is 32.2 Å². The van der Waals surface area contributed by atoms with Gasteiger partial charge in [0.25, 0.3) is 0 Å². The van der Waals surface area contributed by atoms with Crippen LogP contribution in [0.3, 0.4) is 0 Å². The summed E-state index contributed by atoms with van der Waals surface area (Å²) < 4.78 is 7.57. The van der Waals surface area contributed by atoms with E-state index in [2.05, 4.69) is 10.4 Å². The Labute approximate surface area is 122 Å². The monoisotopic (exact) mass is 299 g/mol. The van der Waals surface area contributed by atoms with Gasteiger partial charge in [0.1, 0.15) is 5.75 Å². The normalized spacial score (nSPS) is 10.8. The molecule has 1 heterocycles. The molecule has 1 aromatic heterocycles. The minimum absolute atomic E-state index is 0.474. The lowest BCUT2D eigenvalue weighted by Crippen LogP contribution is -2.07. The number of rotatable bonds is 4. The first-order valence-electron chi connectivity index (χ1n) is 5.83. The highest BCUT2D eigenvalue weighted by Crippen LogP contribution is 2.33. The predicted octanol–water partition coefficient (Wildman–Crippen LogP) is 3.55. The van der Waals surface area contributed by atoms with Gasteiger partial charge in [0.05, 0.1) is 16.3 Å². The van der Waals surface area contributed by atoms with Crippen LogP contribution in [0.2, 0.25) is 10.0 Å². The molecule has 0 unspecified atom stereocenters. The molecule has 0 fully saturated rings. The summed E-state index contributed by atoms with van der Waals surface area (Å²) in [6, 6.07) is 5.14. The van der Waals surface area contributed by atoms with Crippen molar-refractivity contribution in [1.29, 1.82) is 0 Å². The molecule has 6 heteroatoms. The van der Waals surface area contributed by atoms with Crippen LogP contribution in [0.1, 0.15) is 11.3 Å². The molecule has 0 aliphatic rings. The van der Waals surface area contributed by atoms with Crippen molar-refractivity contribution in [3.05, 3.63) is 39.5 Å². The Morgan fingerprint density at radius 3 is 2.74 bits per heavy atom. The van der Waals surface area contributed by atoms with E-state index in [0.717, 1.165) is 11.3 Å². The minimum Gasteiger partial charge on any atom is -0.437 e. The van der Waals surface area contributed by atoms with Gasteiger partial charge in [-0.25, -0.2) is 4.68 Å². The molecule has 0 aliphatic heterocycles. The van der Waals surface area contributed by atoms with Gasteiger partial charge >= 0.3 is 0 Å². The summed E-state index contributed by atoms with van der Waals surface area (Å²) in [7, 11) is 3.72. The Kier molecular flexibility index (Phi) is 4.34. The zero-order valence-corrected chi connectivity index (χ0v) is 12.5. The zero-order valence-electron chi connectivity index (χ0n) is 11.0. The third-order valence-electron chi connectivity index (χ3n) is 2.74. The van der Waals surface area contributed by atoms with Gasteiger partial charge in [0.15, 0.2) is 0 Å². The molecule has 0 spiro atoms. The first kappa shape index (κ1) is 14.2. The molecule has 102 valence electrons.